The Bertz CT molecular complexity index is 1280. The van der Waals surface area contributed by atoms with Gasteiger partial charge in [0.15, 0.2) is 12.2 Å². The fourth-order valence-electron chi connectivity index (χ4n) is 4.64. The normalized spacial score (nSPS) is 20.6. The third-order valence-corrected chi connectivity index (χ3v) is 6.73. The molecule has 4 aromatic carbocycles. The lowest BCUT2D eigenvalue weighted by molar-refractivity contribution is -0.239. The van der Waals surface area contributed by atoms with Crippen LogP contribution in [0.3, 0.4) is 0 Å². The summed E-state index contributed by atoms with van der Waals surface area (Å²) < 4.78 is 31.0. The number of hydrogen-bond donors (Lipinski definition) is 0. The van der Waals surface area contributed by atoms with Crippen LogP contribution in [0.25, 0.3) is 0 Å². The van der Waals surface area contributed by atoms with Gasteiger partial charge in [-0.25, -0.2) is 4.79 Å². The number of rotatable bonds is 13. The first-order valence-electron chi connectivity index (χ1n) is 13.5. The van der Waals surface area contributed by atoms with E-state index in [2.05, 4.69) is 0 Å². The van der Waals surface area contributed by atoms with Crippen LogP contribution >= 0.6 is 0 Å². The summed E-state index contributed by atoms with van der Waals surface area (Å²) in [6.45, 7) is 1.43. The lowest BCUT2D eigenvalue weighted by Crippen LogP contribution is -2.59. The van der Waals surface area contributed by atoms with Gasteiger partial charge in [-0.05, 0) is 22.3 Å². The fourth-order valence-corrected chi connectivity index (χ4v) is 4.64. The van der Waals surface area contributed by atoms with Crippen molar-refractivity contribution in [2.75, 3.05) is 6.61 Å². The first kappa shape index (κ1) is 27.7. The third kappa shape index (κ3) is 7.87. The smallest absolute Gasteiger partial charge is 0.338 e. The molecule has 1 heterocycles. The highest BCUT2D eigenvalue weighted by molar-refractivity contribution is 5.77. The molecule has 1 fully saturated rings. The van der Waals surface area contributed by atoms with Crippen LogP contribution in [0.4, 0.5) is 0 Å². The van der Waals surface area contributed by atoms with Gasteiger partial charge in [-0.3, -0.25) is 0 Å². The van der Waals surface area contributed by atoms with Crippen LogP contribution in [0.15, 0.2) is 121 Å². The Morgan fingerprint density at radius 2 is 0.900 bits per heavy atom. The maximum Gasteiger partial charge on any atom is 0.338 e. The molecule has 0 aromatic heterocycles. The van der Waals surface area contributed by atoms with Crippen molar-refractivity contribution in [2.45, 2.75) is 50.8 Å². The van der Waals surface area contributed by atoms with Crippen LogP contribution in [-0.2, 0) is 54.9 Å². The highest BCUT2D eigenvalue weighted by atomic mass is 16.6. The van der Waals surface area contributed by atoms with E-state index < -0.39 is 30.4 Å². The molecule has 0 saturated carbocycles. The highest BCUT2D eigenvalue weighted by Gasteiger charge is 2.48. The summed E-state index contributed by atoms with van der Waals surface area (Å²) in [6.07, 6.45) is -2.95. The minimum atomic E-state index is -0.963. The Morgan fingerprint density at radius 1 is 0.500 bits per heavy atom. The average Bonchev–Trinajstić information content (AvgIpc) is 3.01. The van der Waals surface area contributed by atoms with Crippen LogP contribution in [0.2, 0.25) is 0 Å². The maximum atomic E-state index is 13.4. The molecular formula is C34H34O6. The largest absolute Gasteiger partial charge is 0.455 e. The van der Waals surface area contributed by atoms with Gasteiger partial charge in [0.1, 0.15) is 12.2 Å². The van der Waals surface area contributed by atoms with Crippen molar-refractivity contribution >= 4 is 5.97 Å². The standard InChI is InChI=1S/C34H34O6/c35-34-33(39-24-29-19-11-4-12-20-29)32(38-23-28-17-9-3-10-18-28)31(37-22-27-15-7-2-8-16-27)30(40-34)25-36-21-26-13-5-1-6-14-26/h1-20,30-33H,21-25H2/t30-,31+,32+,33+/m1/s1. The maximum absolute atomic E-state index is 13.4. The van der Waals surface area contributed by atoms with Crippen molar-refractivity contribution in [2.24, 2.45) is 0 Å². The van der Waals surface area contributed by atoms with E-state index in [1.165, 1.54) is 0 Å². The predicted molar refractivity (Wildman–Crippen MR) is 151 cm³/mol. The van der Waals surface area contributed by atoms with E-state index in [0.29, 0.717) is 19.8 Å². The van der Waals surface area contributed by atoms with E-state index in [0.717, 1.165) is 22.3 Å². The van der Waals surface area contributed by atoms with E-state index in [9.17, 15) is 4.79 Å². The molecule has 5 rings (SSSR count). The Labute approximate surface area is 235 Å². The zero-order valence-electron chi connectivity index (χ0n) is 22.3. The second-order valence-corrected chi connectivity index (χ2v) is 9.72. The molecule has 1 aliphatic rings. The number of benzene rings is 4. The van der Waals surface area contributed by atoms with Gasteiger partial charge in [-0.1, -0.05) is 121 Å². The Hall–Kier alpha value is -3.81. The molecule has 0 amide bonds. The van der Waals surface area contributed by atoms with Crippen molar-refractivity contribution in [3.8, 4) is 0 Å². The van der Waals surface area contributed by atoms with Gasteiger partial charge in [0.2, 0.25) is 0 Å². The molecule has 0 aliphatic carbocycles. The highest BCUT2D eigenvalue weighted by Crippen LogP contribution is 2.28. The number of esters is 1. The molecule has 0 N–H and O–H groups in total. The predicted octanol–water partition coefficient (Wildman–Crippen LogP) is 5.88. The average molecular weight is 539 g/mol. The van der Waals surface area contributed by atoms with Crippen molar-refractivity contribution < 1.29 is 28.5 Å². The van der Waals surface area contributed by atoms with Gasteiger partial charge in [0, 0.05) is 0 Å². The minimum Gasteiger partial charge on any atom is -0.455 e. The number of hydrogen-bond acceptors (Lipinski definition) is 6. The molecule has 0 unspecified atom stereocenters. The van der Waals surface area contributed by atoms with E-state index in [4.69, 9.17) is 23.7 Å². The van der Waals surface area contributed by atoms with Crippen molar-refractivity contribution in [3.63, 3.8) is 0 Å². The first-order valence-corrected chi connectivity index (χ1v) is 13.5. The SMILES string of the molecule is O=C1O[C@H](COCc2ccccc2)[C@H](OCc2ccccc2)[C@H](OCc2ccccc2)[C@@H]1OCc1ccccc1. The number of carbonyl (C=O) groups is 1. The number of carbonyl (C=O) groups excluding carboxylic acids is 1. The summed E-state index contributed by atoms with van der Waals surface area (Å²) in [5.41, 5.74) is 3.98. The second-order valence-electron chi connectivity index (χ2n) is 9.72. The van der Waals surface area contributed by atoms with Gasteiger partial charge < -0.3 is 23.7 Å². The molecule has 6 nitrogen and oxygen atoms in total. The van der Waals surface area contributed by atoms with Crippen molar-refractivity contribution in [3.05, 3.63) is 144 Å². The van der Waals surface area contributed by atoms with Crippen LogP contribution < -0.4 is 0 Å². The van der Waals surface area contributed by atoms with Gasteiger partial charge in [-0.2, -0.15) is 0 Å². The summed E-state index contributed by atoms with van der Waals surface area (Å²) in [5.74, 6) is -0.484. The topological polar surface area (TPSA) is 63.2 Å². The molecule has 0 radical (unpaired) electrons. The Balaban J connectivity index is 1.36. The van der Waals surface area contributed by atoms with Crippen LogP contribution in [0.5, 0.6) is 0 Å². The summed E-state index contributed by atoms with van der Waals surface area (Å²) in [4.78, 5) is 13.4. The molecule has 6 heteroatoms. The third-order valence-electron chi connectivity index (χ3n) is 6.73. The van der Waals surface area contributed by atoms with Crippen LogP contribution in [0, 0.1) is 0 Å². The quantitative estimate of drug-likeness (QED) is 0.198. The van der Waals surface area contributed by atoms with Crippen LogP contribution in [0.1, 0.15) is 22.3 Å². The molecule has 0 spiro atoms. The summed E-state index contributed by atoms with van der Waals surface area (Å²) in [5, 5.41) is 0. The molecule has 206 valence electrons. The van der Waals surface area contributed by atoms with Gasteiger partial charge in [0.05, 0.1) is 33.0 Å². The second kappa shape index (κ2) is 14.5. The number of ether oxygens (including phenoxy) is 5. The molecule has 1 aliphatic heterocycles. The summed E-state index contributed by atoms with van der Waals surface area (Å²) >= 11 is 0. The zero-order chi connectivity index (χ0) is 27.4. The molecule has 1 saturated heterocycles. The van der Waals surface area contributed by atoms with E-state index in [1.54, 1.807) is 0 Å². The Kier molecular flexibility index (Phi) is 10.1. The van der Waals surface area contributed by atoms with Gasteiger partial charge in [-0.15, -0.1) is 0 Å². The molecule has 4 atom stereocenters. The lowest BCUT2D eigenvalue weighted by atomic mass is 9.98. The monoisotopic (exact) mass is 538 g/mol. The van der Waals surface area contributed by atoms with E-state index in [1.807, 2.05) is 121 Å². The molecule has 40 heavy (non-hydrogen) atoms. The van der Waals surface area contributed by atoms with Crippen molar-refractivity contribution in [1.82, 2.24) is 0 Å². The molecular weight excluding hydrogens is 504 g/mol. The van der Waals surface area contributed by atoms with Crippen LogP contribution in [-0.4, -0.2) is 37.0 Å². The minimum absolute atomic E-state index is 0.163. The van der Waals surface area contributed by atoms with Gasteiger partial charge in [0.25, 0.3) is 0 Å². The first-order chi connectivity index (χ1) is 19.8. The van der Waals surface area contributed by atoms with Crippen molar-refractivity contribution in [1.29, 1.82) is 0 Å². The number of cyclic esters (lactones) is 1. The lowest BCUT2D eigenvalue weighted by Gasteiger charge is -2.41. The van der Waals surface area contributed by atoms with E-state index >= 15 is 0 Å². The summed E-state index contributed by atoms with van der Waals surface area (Å²) in [7, 11) is 0. The zero-order valence-corrected chi connectivity index (χ0v) is 22.3. The Morgan fingerprint density at radius 3 is 1.38 bits per heavy atom. The molecule has 0 bridgehead atoms. The van der Waals surface area contributed by atoms with Gasteiger partial charge >= 0.3 is 5.97 Å². The fraction of sp³-hybridized carbons (Fsp3) is 0.265. The summed E-state index contributed by atoms with van der Waals surface area (Å²) in [6, 6.07) is 39.4. The van der Waals surface area contributed by atoms with E-state index in [-0.39, 0.29) is 13.2 Å². The molecule has 4 aromatic rings.